The van der Waals surface area contributed by atoms with Crippen LogP contribution in [-0.2, 0) is 6.42 Å². The van der Waals surface area contributed by atoms with Gasteiger partial charge in [0.25, 0.3) is 0 Å². The smallest absolute Gasteiger partial charge is 0.122 e. The number of nitrogens with two attached hydrogens (primary N) is 1. The summed E-state index contributed by atoms with van der Waals surface area (Å²) in [6, 6.07) is 4.79. The first-order chi connectivity index (χ1) is 8.49. The van der Waals surface area contributed by atoms with E-state index in [0.717, 1.165) is 24.5 Å². The van der Waals surface area contributed by atoms with Crippen molar-refractivity contribution in [3.05, 3.63) is 23.7 Å². The Morgan fingerprint density at radius 3 is 2.28 bits per heavy atom. The van der Waals surface area contributed by atoms with Gasteiger partial charge in [0.2, 0.25) is 0 Å². The molecule has 0 aliphatic rings. The molecule has 1 atom stereocenters. The normalized spacial score (nSPS) is 13.8. The molecule has 0 saturated heterocycles. The molecule has 1 aromatic rings. The lowest BCUT2D eigenvalue weighted by Gasteiger charge is -2.34. The second kappa shape index (κ2) is 6.95. The van der Waals surface area contributed by atoms with Crippen LogP contribution in [0.3, 0.4) is 0 Å². The summed E-state index contributed by atoms with van der Waals surface area (Å²) >= 11 is 0. The average molecular weight is 252 g/mol. The van der Waals surface area contributed by atoms with E-state index in [1.807, 2.05) is 0 Å². The van der Waals surface area contributed by atoms with Crippen LogP contribution in [0.1, 0.15) is 52.2 Å². The maximum Gasteiger partial charge on any atom is 0.122 e. The van der Waals surface area contributed by atoms with Gasteiger partial charge >= 0.3 is 0 Å². The van der Waals surface area contributed by atoms with Gasteiger partial charge in [0, 0.05) is 25.6 Å². The Kier molecular flexibility index (Phi) is 5.89. The molecule has 2 N–H and O–H groups in total. The van der Waals surface area contributed by atoms with E-state index in [4.69, 9.17) is 10.2 Å². The van der Waals surface area contributed by atoms with Crippen molar-refractivity contribution in [1.82, 2.24) is 4.90 Å². The number of furan rings is 1. The van der Waals surface area contributed by atoms with E-state index in [1.54, 1.807) is 0 Å². The van der Waals surface area contributed by atoms with E-state index in [2.05, 4.69) is 51.7 Å². The molecule has 3 nitrogen and oxygen atoms in total. The molecular weight excluding hydrogens is 224 g/mol. The van der Waals surface area contributed by atoms with Crippen molar-refractivity contribution in [3.8, 4) is 0 Å². The Hall–Kier alpha value is -0.800. The fraction of sp³-hybridized carbons (Fsp3) is 0.733. The molecule has 1 aromatic heterocycles. The van der Waals surface area contributed by atoms with Gasteiger partial charge < -0.3 is 10.2 Å². The summed E-state index contributed by atoms with van der Waals surface area (Å²) < 4.78 is 5.88. The fourth-order valence-electron chi connectivity index (χ4n) is 2.30. The van der Waals surface area contributed by atoms with E-state index in [0.29, 0.717) is 18.5 Å². The van der Waals surface area contributed by atoms with Crippen LogP contribution < -0.4 is 5.73 Å². The molecule has 0 bridgehead atoms. The predicted octanol–water partition coefficient (Wildman–Crippen LogP) is 3.21. The highest BCUT2D eigenvalue weighted by Gasteiger charge is 2.24. The Morgan fingerprint density at radius 1 is 1.22 bits per heavy atom. The zero-order valence-electron chi connectivity index (χ0n) is 12.4. The van der Waals surface area contributed by atoms with Crippen molar-refractivity contribution in [2.24, 2.45) is 11.7 Å². The maximum atomic E-state index is 5.97. The van der Waals surface area contributed by atoms with E-state index >= 15 is 0 Å². The standard InChI is InChI=1S/C15H28N2O/c1-6-13-7-8-15(18-13)14(9-16)17(12(4)5)10-11(2)3/h7-8,11-12,14H,6,9-10,16H2,1-5H3. The summed E-state index contributed by atoms with van der Waals surface area (Å²) in [6.07, 6.45) is 0.934. The fourth-order valence-corrected chi connectivity index (χ4v) is 2.30. The highest BCUT2D eigenvalue weighted by Crippen LogP contribution is 2.25. The van der Waals surface area contributed by atoms with Crippen LogP contribution in [0.5, 0.6) is 0 Å². The molecule has 1 heterocycles. The lowest BCUT2D eigenvalue weighted by Crippen LogP contribution is -2.40. The molecule has 18 heavy (non-hydrogen) atoms. The lowest BCUT2D eigenvalue weighted by atomic mass is 10.1. The van der Waals surface area contributed by atoms with Crippen LogP contribution in [0.25, 0.3) is 0 Å². The summed E-state index contributed by atoms with van der Waals surface area (Å²) in [4.78, 5) is 2.43. The van der Waals surface area contributed by atoms with E-state index in [-0.39, 0.29) is 6.04 Å². The molecule has 0 saturated carbocycles. The van der Waals surface area contributed by atoms with Crippen LogP contribution in [0.4, 0.5) is 0 Å². The maximum absolute atomic E-state index is 5.97. The minimum Gasteiger partial charge on any atom is -0.464 e. The molecule has 0 amide bonds. The molecule has 0 spiro atoms. The Morgan fingerprint density at radius 2 is 1.89 bits per heavy atom. The average Bonchev–Trinajstić information content (AvgIpc) is 2.76. The predicted molar refractivity (Wildman–Crippen MR) is 76.6 cm³/mol. The van der Waals surface area contributed by atoms with Gasteiger partial charge in [0.15, 0.2) is 0 Å². The molecule has 0 radical (unpaired) electrons. The Labute approximate surface area is 111 Å². The minimum atomic E-state index is 0.188. The third-order valence-electron chi connectivity index (χ3n) is 3.22. The van der Waals surface area contributed by atoms with Crippen LogP contribution in [0, 0.1) is 5.92 Å². The largest absolute Gasteiger partial charge is 0.464 e. The van der Waals surface area contributed by atoms with Crippen LogP contribution in [-0.4, -0.2) is 24.0 Å². The quantitative estimate of drug-likeness (QED) is 0.810. The van der Waals surface area contributed by atoms with Crippen LogP contribution in [0.2, 0.25) is 0 Å². The molecule has 0 aliphatic carbocycles. The lowest BCUT2D eigenvalue weighted by molar-refractivity contribution is 0.122. The molecule has 1 rings (SSSR count). The summed E-state index contributed by atoms with van der Waals surface area (Å²) in [5, 5.41) is 0. The number of aryl methyl sites for hydroxylation is 1. The monoisotopic (exact) mass is 252 g/mol. The molecule has 0 fully saturated rings. The number of hydrogen-bond acceptors (Lipinski definition) is 3. The number of rotatable bonds is 7. The van der Waals surface area contributed by atoms with Crippen molar-refractivity contribution >= 4 is 0 Å². The topological polar surface area (TPSA) is 42.4 Å². The zero-order valence-corrected chi connectivity index (χ0v) is 12.4. The second-order valence-electron chi connectivity index (χ2n) is 5.59. The number of nitrogens with zero attached hydrogens (tertiary/aromatic N) is 1. The summed E-state index contributed by atoms with van der Waals surface area (Å²) in [6.45, 7) is 12.7. The van der Waals surface area contributed by atoms with Gasteiger partial charge in [0.1, 0.15) is 11.5 Å². The van der Waals surface area contributed by atoms with Crippen LogP contribution >= 0.6 is 0 Å². The van der Waals surface area contributed by atoms with Gasteiger partial charge in [0.05, 0.1) is 6.04 Å². The second-order valence-corrected chi connectivity index (χ2v) is 5.59. The summed E-state index contributed by atoms with van der Waals surface area (Å²) in [7, 11) is 0. The Bertz CT molecular complexity index is 344. The van der Waals surface area contributed by atoms with Crippen molar-refractivity contribution in [1.29, 1.82) is 0 Å². The SMILES string of the molecule is CCc1ccc(C(CN)N(CC(C)C)C(C)C)o1. The highest BCUT2D eigenvalue weighted by molar-refractivity contribution is 5.11. The van der Waals surface area contributed by atoms with Gasteiger partial charge in [-0.3, -0.25) is 4.90 Å². The van der Waals surface area contributed by atoms with E-state index < -0.39 is 0 Å². The van der Waals surface area contributed by atoms with Gasteiger partial charge in [-0.15, -0.1) is 0 Å². The molecule has 0 aromatic carbocycles. The molecule has 1 unspecified atom stereocenters. The van der Waals surface area contributed by atoms with E-state index in [1.165, 1.54) is 0 Å². The zero-order chi connectivity index (χ0) is 13.7. The van der Waals surface area contributed by atoms with Crippen LogP contribution in [0.15, 0.2) is 16.5 Å². The van der Waals surface area contributed by atoms with Gasteiger partial charge in [-0.2, -0.15) is 0 Å². The summed E-state index contributed by atoms with van der Waals surface area (Å²) in [5.74, 6) is 2.67. The first-order valence-electron chi connectivity index (χ1n) is 7.04. The highest BCUT2D eigenvalue weighted by atomic mass is 16.3. The molecular formula is C15H28N2O. The summed E-state index contributed by atoms with van der Waals surface area (Å²) in [5.41, 5.74) is 5.97. The number of hydrogen-bond donors (Lipinski definition) is 1. The van der Waals surface area contributed by atoms with Crippen molar-refractivity contribution in [3.63, 3.8) is 0 Å². The first-order valence-corrected chi connectivity index (χ1v) is 7.04. The molecule has 104 valence electrons. The third-order valence-corrected chi connectivity index (χ3v) is 3.22. The van der Waals surface area contributed by atoms with Crippen molar-refractivity contribution < 1.29 is 4.42 Å². The van der Waals surface area contributed by atoms with Gasteiger partial charge in [-0.05, 0) is 31.9 Å². The van der Waals surface area contributed by atoms with Crippen molar-refractivity contribution in [2.75, 3.05) is 13.1 Å². The molecule has 0 aliphatic heterocycles. The Balaban J connectivity index is 2.90. The van der Waals surface area contributed by atoms with Crippen molar-refractivity contribution in [2.45, 2.75) is 53.1 Å². The van der Waals surface area contributed by atoms with Gasteiger partial charge in [-0.25, -0.2) is 0 Å². The molecule has 3 heteroatoms. The van der Waals surface area contributed by atoms with Gasteiger partial charge in [-0.1, -0.05) is 20.8 Å². The van der Waals surface area contributed by atoms with E-state index in [9.17, 15) is 0 Å². The minimum absolute atomic E-state index is 0.188. The first kappa shape index (κ1) is 15.3. The third kappa shape index (κ3) is 3.85.